The molecule has 1 aromatic carbocycles. The van der Waals surface area contributed by atoms with Gasteiger partial charge >= 0.3 is 0 Å². The van der Waals surface area contributed by atoms with Crippen molar-refractivity contribution in [3.8, 4) is 5.75 Å². The van der Waals surface area contributed by atoms with Gasteiger partial charge in [-0.1, -0.05) is 29.8 Å². The molecule has 0 N–H and O–H groups in total. The summed E-state index contributed by atoms with van der Waals surface area (Å²) >= 11 is 6.23. The van der Waals surface area contributed by atoms with Gasteiger partial charge in [0.25, 0.3) is 0 Å². The van der Waals surface area contributed by atoms with Crippen LogP contribution in [-0.4, -0.2) is 50.2 Å². The number of ether oxygens (including phenoxy) is 4. The molecular formula is C23H21ClN4O4. The molecule has 2 fully saturated rings. The van der Waals surface area contributed by atoms with Crippen molar-refractivity contribution >= 4 is 33.5 Å². The Kier molecular flexibility index (Phi) is 4.58. The van der Waals surface area contributed by atoms with Crippen LogP contribution in [0.3, 0.4) is 0 Å². The number of pyridine rings is 1. The third kappa shape index (κ3) is 3.31. The third-order valence-corrected chi connectivity index (χ3v) is 6.14. The zero-order chi connectivity index (χ0) is 21.9. The Morgan fingerprint density at radius 3 is 2.84 bits per heavy atom. The van der Waals surface area contributed by atoms with Gasteiger partial charge in [-0.25, -0.2) is 9.97 Å². The van der Waals surface area contributed by atoms with E-state index in [1.807, 2.05) is 61.0 Å². The summed E-state index contributed by atoms with van der Waals surface area (Å²) in [5.74, 6) is -0.0493. The lowest BCUT2D eigenvalue weighted by atomic mass is 10.1. The van der Waals surface area contributed by atoms with Crippen molar-refractivity contribution in [1.82, 2.24) is 19.5 Å². The molecule has 0 unspecified atom stereocenters. The molecule has 32 heavy (non-hydrogen) atoms. The van der Waals surface area contributed by atoms with Crippen LogP contribution in [0, 0.1) is 0 Å². The van der Waals surface area contributed by atoms with Gasteiger partial charge in [0.05, 0.1) is 17.1 Å². The highest BCUT2D eigenvalue weighted by atomic mass is 35.5. The molecule has 2 aliphatic rings. The molecule has 2 aliphatic heterocycles. The molecular weight excluding hydrogens is 432 g/mol. The smallest absolute Gasteiger partial charge is 0.164 e. The SMILES string of the molecule is CC1(C)O[C@@H]2[C@H](O1)[C@@H](COc1cnc3ccccc3c1)O[C@H]2n1ccc2c(Cl)ncnc21. The van der Waals surface area contributed by atoms with E-state index in [0.29, 0.717) is 23.2 Å². The fraction of sp³-hybridized carbons (Fsp3) is 0.348. The van der Waals surface area contributed by atoms with Crippen LogP contribution >= 0.6 is 11.6 Å². The standard InChI is InChI=1S/C23H21ClN4O4/c1-23(2)31-18-17(11-29-14-9-13-5-3-4-6-16(13)25-10-14)30-22(19(18)32-23)28-8-7-15-20(24)26-12-27-21(15)28/h3-10,12,17-19,22H,11H2,1-2H3/t17-,18-,19-,22-/m1/s1. The van der Waals surface area contributed by atoms with Crippen LogP contribution in [0.4, 0.5) is 0 Å². The van der Waals surface area contributed by atoms with Gasteiger partial charge in [0.1, 0.15) is 47.8 Å². The Morgan fingerprint density at radius 2 is 1.94 bits per heavy atom. The van der Waals surface area contributed by atoms with Gasteiger partial charge in [-0.05, 0) is 32.0 Å². The third-order valence-electron chi connectivity index (χ3n) is 5.84. The summed E-state index contributed by atoms with van der Waals surface area (Å²) in [6, 6.07) is 11.8. The largest absolute Gasteiger partial charge is 0.489 e. The van der Waals surface area contributed by atoms with Gasteiger partial charge < -0.3 is 23.5 Å². The zero-order valence-electron chi connectivity index (χ0n) is 17.5. The number of hydrogen-bond donors (Lipinski definition) is 0. The Morgan fingerprint density at radius 1 is 1.09 bits per heavy atom. The van der Waals surface area contributed by atoms with Crippen molar-refractivity contribution in [2.75, 3.05) is 6.61 Å². The topological polar surface area (TPSA) is 80.5 Å². The van der Waals surface area contributed by atoms with Gasteiger partial charge in [-0.2, -0.15) is 0 Å². The molecule has 6 rings (SSSR count). The van der Waals surface area contributed by atoms with Gasteiger partial charge in [0.15, 0.2) is 12.0 Å². The quantitative estimate of drug-likeness (QED) is 0.430. The predicted molar refractivity (Wildman–Crippen MR) is 118 cm³/mol. The molecule has 0 aliphatic carbocycles. The Bertz CT molecular complexity index is 1310. The minimum atomic E-state index is -0.726. The minimum absolute atomic E-state index is 0.293. The molecule has 0 bridgehead atoms. The lowest BCUT2D eigenvalue weighted by molar-refractivity contribution is -0.198. The molecule has 0 amide bonds. The normalized spacial score (nSPS) is 26.6. The summed E-state index contributed by atoms with van der Waals surface area (Å²) in [5.41, 5.74) is 1.61. The monoisotopic (exact) mass is 452 g/mol. The first-order chi connectivity index (χ1) is 15.5. The maximum atomic E-state index is 6.39. The summed E-state index contributed by atoms with van der Waals surface area (Å²) in [5, 5.41) is 2.18. The number of rotatable bonds is 4. The second kappa shape index (κ2) is 7.38. The molecule has 0 radical (unpaired) electrons. The summed E-state index contributed by atoms with van der Waals surface area (Å²) in [6.45, 7) is 4.10. The van der Waals surface area contributed by atoms with Crippen molar-refractivity contribution in [2.45, 2.75) is 44.2 Å². The van der Waals surface area contributed by atoms with E-state index in [2.05, 4.69) is 15.0 Å². The van der Waals surface area contributed by atoms with Gasteiger partial charge in [-0.15, -0.1) is 0 Å². The highest BCUT2D eigenvalue weighted by Crippen LogP contribution is 2.44. The van der Waals surface area contributed by atoms with Gasteiger partial charge in [-0.3, -0.25) is 4.98 Å². The van der Waals surface area contributed by atoms with E-state index in [1.165, 1.54) is 6.33 Å². The van der Waals surface area contributed by atoms with Crippen molar-refractivity contribution < 1.29 is 18.9 Å². The summed E-state index contributed by atoms with van der Waals surface area (Å²) in [6.07, 6.45) is 3.66. The van der Waals surface area contributed by atoms with Crippen molar-refractivity contribution in [1.29, 1.82) is 0 Å². The molecule has 4 aromatic rings. The first kappa shape index (κ1) is 19.9. The predicted octanol–water partition coefficient (Wildman–Crippen LogP) is 4.13. The van der Waals surface area contributed by atoms with E-state index in [4.69, 9.17) is 30.5 Å². The molecule has 0 saturated carbocycles. The molecule has 164 valence electrons. The second-order valence-electron chi connectivity index (χ2n) is 8.43. The number of hydrogen-bond acceptors (Lipinski definition) is 7. The minimum Gasteiger partial charge on any atom is -0.489 e. The lowest BCUT2D eigenvalue weighted by Gasteiger charge is -2.25. The van der Waals surface area contributed by atoms with E-state index in [-0.39, 0.29) is 18.3 Å². The summed E-state index contributed by atoms with van der Waals surface area (Å²) < 4.78 is 26.8. The van der Waals surface area contributed by atoms with Crippen LogP contribution in [0.2, 0.25) is 5.15 Å². The average Bonchev–Trinajstić information content (AvgIpc) is 3.44. The number of fused-ring (bicyclic) bond motifs is 3. The van der Waals surface area contributed by atoms with Gasteiger partial charge in [0.2, 0.25) is 0 Å². The van der Waals surface area contributed by atoms with Crippen LogP contribution in [0.5, 0.6) is 5.75 Å². The molecule has 0 spiro atoms. The first-order valence-corrected chi connectivity index (χ1v) is 10.8. The highest BCUT2D eigenvalue weighted by molar-refractivity contribution is 6.33. The number of halogens is 1. The van der Waals surface area contributed by atoms with E-state index >= 15 is 0 Å². The first-order valence-electron chi connectivity index (χ1n) is 10.4. The number of para-hydroxylation sites is 1. The summed E-state index contributed by atoms with van der Waals surface area (Å²) in [7, 11) is 0. The van der Waals surface area contributed by atoms with Crippen molar-refractivity contribution in [3.63, 3.8) is 0 Å². The average molecular weight is 453 g/mol. The van der Waals surface area contributed by atoms with Crippen LogP contribution in [0.1, 0.15) is 20.1 Å². The van der Waals surface area contributed by atoms with Gasteiger partial charge in [0, 0.05) is 11.6 Å². The van der Waals surface area contributed by atoms with E-state index < -0.39 is 12.0 Å². The highest BCUT2D eigenvalue weighted by Gasteiger charge is 2.56. The molecule has 9 heteroatoms. The van der Waals surface area contributed by atoms with E-state index in [1.54, 1.807) is 6.20 Å². The zero-order valence-corrected chi connectivity index (χ0v) is 18.3. The molecule has 4 atom stereocenters. The number of benzene rings is 1. The van der Waals surface area contributed by atoms with Crippen molar-refractivity contribution in [3.05, 3.63) is 60.3 Å². The van der Waals surface area contributed by atoms with Crippen LogP contribution in [0.25, 0.3) is 21.9 Å². The Labute approximate surface area is 189 Å². The number of nitrogens with zero attached hydrogens (tertiary/aromatic N) is 4. The Balaban J connectivity index is 1.28. The van der Waals surface area contributed by atoms with Crippen LogP contribution in [0.15, 0.2) is 55.1 Å². The van der Waals surface area contributed by atoms with Crippen molar-refractivity contribution in [2.24, 2.45) is 0 Å². The molecule has 2 saturated heterocycles. The molecule has 8 nitrogen and oxygen atoms in total. The van der Waals surface area contributed by atoms with Crippen LogP contribution in [-0.2, 0) is 14.2 Å². The van der Waals surface area contributed by atoms with E-state index in [9.17, 15) is 0 Å². The molecule has 3 aromatic heterocycles. The maximum Gasteiger partial charge on any atom is 0.164 e. The van der Waals surface area contributed by atoms with E-state index in [0.717, 1.165) is 16.3 Å². The number of aromatic nitrogens is 4. The van der Waals surface area contributed by atoms with Crippen LogP contribution < -0.4 is 4.74 Å². The fourth-order valence-electron chi connectivity index (χ4n) is 4.47. The Hall–Kier alpha value is -2.78. The molecule has 5 heterocycles. The fourth-order valence-corrected chi connectivity index (χ4v) is 4.66. The second-order valence-corrected chi connectivity index (χ2v) is 8.79. The maximum absolute atomic E-state index is 6.39. The lowest BCUT2D eigenvalue weighted by Crippen LogP contribution is -2.33. The summed E-state index contributed by atoms with van der Waals surface area (Å²) in [4.78, 5) is 12.9.